The number of hydrogen-bond acceptors (Lipinski definition) is 4. The maximum absolute atomic E-state index is 12.2. The molecule has 6 heteroatoms. The molecule has 0 radical (unpaired) electrons. The number of carbonyl (C=O) groups is 1. The molecule has 1 amide bonds. The third kappa shape index (κ3) is 3.75. The van der Waals surface area contributed by atoms with Crippen molar-refractivity contribution in [2.45, 2.75) is 58.2 Å². The van der Waals surface area contributed by atoms with Gasteiger partial charge in [0.05, 0.1) is 17.6 Å². The van der Waals surface area contributed by atoms with Gasteiger partial charge >= 0.3 is 6.09 Å². The Morgan fingerprint density at radius 1 is 1.52 bits per heavy atom. The largest absolute Gasteiger partial charge is 0.444 e. The van der Waals surface area contributed by atoms with E-state index in [0.717, 1.165) is 25.1 Å². The third-order valence-corrected chi connectivity index (χ3v) is 3.68. The minimum Gasteiger partial charge on any atom is -0.444 e. The van der Waals surface area contributed by atoms with Gasteiger partial charge in [0.2, 0.25) is 0 Å². The summed E-state index contributed by atoms with van der Waals surface area (Å²) in [4.78, 5) is 18.3. The first-order valence-electron chi connectivity index (χ1n) is 7.52. The van der Waals surface area contributed by atoms with Gasteiger partial charge in [-0.1, -0.05) is 0 Å². The molecule has 2 rings (SSSR count). The van der Waals surface area contributed by atoms with Gasteiger partial charge in [-0.25, -0.2) is 9.78 Å². The average Bonchev–Trinajstić information content (AvgIpc) is 2.86. The van der Waals surface area contributed by atoms with Crippen LogP contribution in [0.2, 0.25) is 0 Å². The number of imidazole rings is 1. The van der Waals surface area contributed by atoms with Crippen LogP contribution in [-0.4, -0.2) is 39.2 Å². The molecular weight excluding hydrogens is 268 g/mol. The van der Waals surface area contributed by atoms with Crippen LogP contribution in [0, 0.1) is 0 Å². The quantitative estimate of drug-likeness (QED) is 0.906. The second-order valence-electron chi connectivity index (χ2n) is 6.75. The molecule has 1 fully saturated rings. The van der Waals surface area contributed by atoms with Crippen molar-refractivity contribution in [1.82, 2.24) is 14.5 Å². The van der Waals surface area contributed by atoms with Crippen LogP contribution in [0.15, 0.2) is 12.5 Å². The summed E-state index contributed by atoms with van der Waals surface area (Å²) in [6.45, 7) is 9.65. The number of amides is 1. The van der Waals surface area contributed by atoms with Crippen LogP contribution >= 0.6 is 0 Å². The van der Waals surface area contributed by atoms with E-state index in [2.05, 4.69) is 11.9 Å². The molecule has 0 aromatic carbocycles. The van der Waals surface area contributed by atoms with E-state index >= 15 is 0 Å². The molecule has 2 N–H and O–H groups in total. The summed E-state index contributed by atoms with van der Waals surface area (Å²) >= 11 is 0. The van der Waals surface area contributed by atoms with E-state index in [0.29, 0.717) is 13.1 Å². The molecule has 21 heavy (non-hydrogen) atoms. The van der Waals surface area contributed by atoms with Crippen LogP contribution in [0.5, 0.6) is 0 Å². The van der Waals surface area contributed by atoms with E-state index in [9.17, 15) is 4.79 Å². The lowest BCUT2D eigenvalue weighted by atomic mass is 9.87. The zero-order valence-corrected chi connectivity index (χ0v) is 13.4. The Hall–Kier alpha value is -1.56. The highest BCUT2D eigenvalue weighted by molar-refractivity contribution is 5.68. The molecule has 0 bridgehead atoms. The molecule has 1 aromatic heterocycles. The number of rotatable bonds is 2. The summed E-state index contributed by atoms with van der Waals surface area (Å²) in [7, 11) is 0. The summed E-state index contributed by atoms with van der Waals surface area (Å²) in [5, 5.41) is 0. The Kier molecular flexibility index (Phi) is 4.27. The molecule has 1 saturated heterocycles. The first-order chi connectivity index (χ1) is 9.73. The Morgan fingerprint density at radius 2 is 2.24 bits per heavy atom. The SMILES string of the molecule is CCn1cnc(C2(N)CCCN(C(=O)OC(C)(C)C)C2)c1. The first kappa shape index (κ1) is 15.8. The summed E-state index contributed by atoms with van der Waals surface area (Å²) in [5.74, 6) is 0. The van der Waals surface area contributed by atoms with Gasteiger partial charge in [0.1, 0.15) is 5.60 Å². The van der Waals surface area contributed by atoms with Crippen molar-refractivity contribution in [3.05, 3.63) is 18.2 Å². The van der Waals surface area contributed by atoms with Gasteiger partial charge < -0.3 is 19.9 Å². The highest BCUT2D eigenvalue weighted by Gasteiger charge is 2.38. The third-order valence-electron chi connectivity index (χ3n) is 3.68. The van der Waals surface area contributed by atoms with Crippen LogP contribution in [-0.2, 0) is 16.8 Å². The number of nitrogens with zero attached hydrogens (tertiary/aromatic N) is 3. The van der Waals surface area contributed by atoms with Crippen LogP contribution in [0.25, 0.3) is 0 Å². The molecule has 0 spiro atoms. The number of aryl methyl sites for hydroxylation is 1. The average molecular weight is 294 g/mol. The Balaban J connectivity index is 2.10. The van der Waals surface area contributed by atoms with Crippen molar-refractivity contribution < 1.29 is 9.53 Å². The van der Waals surface area contributed by atoms with Gasteiger partial charge in [0, 0.05) is 25.8 Å². The molecule has 2 heterocycles. The van der Waals surface area contributed by atoms with Crippen molar-refractivity contribution in [1.29, 1.82) is 0 Å². The molecule has 1 aromatic rings. The number of carbonyl (C=O) groups excluding carboxylic acids is 1. The molecule has 1 aliphatic heterocycles. The predicted octanol–water partition coefficient (Wildman–Crippen LogP) is 2.09. The molecule has 0 aliphatic carbocycles. The number of ether oxygens (including phenoxy) is 1. The Morgan fingerprint density at radius 3 is 2.81 bits per heavy atom. The highest BCUT2D eigenvalue weighted by atomic mass is 16.6. The van der Waals surface area contributed by atoms with E-state index in [1.54, 1.807) is 11.2 Å². The Bertz CT molecular complexity index is 506. The number of aromatic nitrogens is 2. The van der Waals surface area contributed by atoms with Gasteiger partial charge in [-0.3, -0.25) is 0 Å². The lowest BCUT2D eigenvalue weighted by Gasteiger charge is -2.39. The van der Waals surface area contributed by atoms with Crippen molar-refractivity contribution >= 4 is 6.09 Å². The lowest BCUT2D eigenvalue weighted by molar-refractivity contribution is 0.0135. The zero-order valence-electron chi connectivity index (χ0n) is 13.4. The molecular formula is C15H26N4O2. The fourth-order valence-corrected chi connectivity index (χ4v) is 2.57. The van der Waals surface area contributed by atoms with E-state index < -0.39 is 11.1 Å². The fourth-order valence-electron chi connectivity index (χ4n) is 2.57. The van der Waals surface area contributed by atoms with E-state index in [-0.39, 0.29) is 6.09 Å². The maximum Gasteiger partial charge on any atom is 0.410 e. The van der Waals surface area contributed by atoms with E-state index in [4.69, 9.17) is 10.5 Å². The van der Waals surface area contributed by atoms with E-state index in [1.807, 2.05) is 31.5 Å². The van der Waals surface area contributed by atoms with Crippen molar-refractivity contribution in [3.8, 4) is 0 Å². The monoisotopic (exact) mass is 294 g/mol. The minimum atomic E-state index is -0.588. The number of nitrogens with two attached hydrogens (primary N) is 1. The van der Waals surface area contributed by atoms with Gasteiger partial charge in [-0.15, -0.1) is 0 Å². The number of hydrogen-bond donors (Lipinski definition) is 1. The van der Waals surface area contributed by atoms with Gasteiger partial charge in [-0.2, -0.15) is 0 Å². The second kappa shape index (κ2) is 5.67. The zero-order chi connectivity index (χ0) is 15.7. The first-order valence-corrected chi connectivity index (χ1v) is 7.52. The summed E-state index contributed by atoms with van der Waals surface area (Å²) < 4.78 is 7.43. The number of likely N-dealkylation sites (tertiary alicyclic amines) is 1. The Labute approximate surface area is 126 Å². The molecule has 1 atom stereocenters. The van der Waals surface area contributed by atoms with Crippen LogP contribution in [0.1, 0.15) is 46.2 Å². The second-order valence-corrected chi connectivity index (χ2v) is 6.75. The smallest absolute Gasteiger partial charge is 0.410 e. The molecule has 1 unspecified atom stereocenters. The molecule has 1 aliphatic rings. The maximum atomic E-state index is 12.2. The standard InChI is InChI=1S/C15H26N4O2/c1-5-18-9-12(17-11-18)15(16)7-6-8-19(10-15)13(20)21-14(2,3)4/h9,11H,5-8,10,16H2,1-4H3. The number of piperidine rings is 1. The molecule has 6 nitrogen and oxygen atoms in total. The topological polar surface area (TPSA) is 73.4 Å². The minimum absolute atomic E-state index is 0.299. The normalized spacial score (nSPS) is 23.2. The molecule has 118 valence electrons. The van der Waals surface area contributed by atoms with Crippen molar-refractivity contribution in [2.75, 3.05) is 13.1 Å². The van der Waals surface area contributed by atoms with Gasteiger partial charge in [0.25, 0.3) is 0 Å². The summed E-state index contributed by atoms with van der Waals surface area (Å²) in [6.07, 6.45) is 5.14. The predicted molar refractivity (Wildman–Crippen MR) is 80.8 cm³/mol. The lowest BCUT2D eigenvalue weighted by Crippen LogP contribution is -2.54. The van der Waals surface area contributed by atoms with Gasteiger partial charge in [0.15, 0.2) is 0 Å². The van der Waals surface area contributed by atoms with E-state index in [1.165, 1.54) is 0 Å². The van der Waals surface area contributed by atoms with Crippen LogP contribution in [0.4, 0.5) is 4.79 Å². The summed E-state index contributed by atoms with van der Waals surface area (Å²) in [5.41, 5.74) is 6.28. The summed E-state index contributed by atoms with van der Waals surface area (Å²) in [6, 6.07) is 0. The highest BCUT2D eigenvalue weighted by Crippen LogP contribution is 2.28. The fraction of sp³-hybridized carbons (Fsp3) is 0.733. The molecule has 0 saturated carbocycles. The van der Waals surface area contributed by atoms with Crippen LogP contribution < -0.4 is 5.73 Å². The van der Waals surface area contributed by atoms with Crippen molar-refractivity contribution in [3.63, 3.8) is 0 Å². The van der Waals surface area contributed by atoms with Gasteiger partial charge in [-0.05, 0) is 40.5 Å². The van der Waals surface area contributed by atoms with Crippen molar-refractivity contribution in [2.24, 2.45) is 5.73 Å². The van der Waals surface area contributed by atoms with Crippen LogP contribution in [0.3, 0.4) is 0 Å².